The second kappa shape index (κ2) is 9.27. The molecule has 2 aromatic rings. The summed E-state index contributed by atoms with van der Waals surface area (Å²) < 4.78 is 5.52. The Hall–Kier alpha value is -2.49. The molecule has 0 spiro atoms. The van der Waals surface area contributed by atoms with Crippen LogP contribution in [0.3, 0.4) is 0 Å². The third-order valence-corrected chi connectivity index (χ3v) is 4.77. The van der Waals surface area contributed by atoms with E-state index in [-0.39, 0.29) is 5.91 Å². The van der Waals surface area contributed by atoms with Crippen LogP contribution in [0.4, 0.5) is 5.69 Å². The molecule has 4 nitrogen and oxygen atoms in total. The maximum atomic E-state index is 12.3. The lowest BCUT2D eigenvalue weighted by Gasteiger charge is -2.17. The second-order valence-corrected chi connectivity index (χ2v) is 6.65. The highest BCUT2D eigenvalue weighted by atomic mass is 16.5. The molecule has 1 saturated heterocycles. The maximum Gasteiger partial charge on any atom is 0.255 e. The Morgan fingerprint density at radius 1 is 1.08 bits per heavy atom. The zero-order valence-electron chi connectivity index (χ0n) is 15.5. The van der Waals surface area contributed by atoms with Crippen molar-refractivity contribution in [2.24, 2.45) is 0 Å². The highest BCUT2D eigenvalue weighted by Gasteiger charge is 2.12. The molecule has 26 heavy (non-hydrogen) atoms. The van der Waals surface area contributed by atoms with E-state index in [1.165, 1.54) is 37.2 Å². The number of aryl methyl sites for hydroxylation is 1. The molecule has 0 bridgehead atoms. The molecule has 4 heteroatoms. The van der Waals surface area contributed by atoms with E-state index >= 15 is 0 Å². The minimum atomic E-state index is -0.0709. The highest BCUT2D eigenvalue weighted by Crippen LogP contribution is 2.21. The molecule has 138 valence electrons. The number of nitrogens with one attached hydrogen (secondary N) is 1. The SMILES string of the molecule is CCOc1ccccc1C(=O)NCCCc1ccc(N2CCCC2)cc1. The summed E-state index contributed by atoms with van der Waals surface area (Å²) in [6.07, 6.45) is 4.49. The van der Waals surface area contributed by atoms with Crippen LogP contribution < -0.4 is 15.0 Å². The van der Waals surface area contributed by atoms with Gasteiger partial charge in [-0.05, 0) is 62.4 Å². The summed E-state index contributed by atoms with van der Waals surface area (Å²) in [5, 5.41) is 3.00. The van der Waals surface area contributed by atoms with Gasteiger partial charge >= 0.3 is 0 Å². The predicted octanol–water partition coefficient (Wildman–Crippen LogP) is 4.05. The van der Waals surface area contributed by atoms with Crippen LogP contribution in [0.25, 0.3) is 0 Å². The van der Waals surface area contributed by atoms with Crippen molar-refractivity contribution < 1.29 is 9.53 Å². The number of benzene rings is 2. The van der Waals surface area contributed by atoms with Gasteiger partial charge in [0.1, 0.15) is 5.75 Å². The molecule has 3 rings (SSSR count). The van der Waals surface area contributed by atoms with Crippen molar-refractivity contribution in [3.8, 4) is 5.75 Å². The van der Waals surface area contributed by atoms with Gasteiger partial charge in [-0.2, -0.15) is 0 Å². The molecule has 1 amide bonds. The van der Waals surface area contributed by atoms with Gasteiger partial charge in [0.15, 0.2) is 0 Å². The maximum absolute atomic E-state index is 12.3. The topological polar surface area (TPSA) is 41.6 Å². The molecule has 0 atom stereocenters. The number of para-hydroxylation sites is 1. The minimum Gasteiger partial charge on any atom is -0.493 e. The number of hydrogen-bond donors (Lipinski definition) is 1. The summed E-state index contributed by atoms with van der Waals surface area (Å²) in [6, 6.07) is 16.2. The van der Waals surface area contributed by atoms with Crippen molar-refractivity contribution in [2.45, 2.75) is 32.6 Å². The Balaban J connectivity index is 1.44. The van der Waals surface area contributed by atoms with Crippen LogP contribution in [-0.2, 0) is 6.42 Å². The van der Waals surface area contributed by atoms with Gasteiger partial charge in [-0.1, -0.05) is 24.3 Å². The number of anilines is 1. The minimum absolute atomic E-state index is 0.0709. The van der Waals surface area contributed by atoms with Crippen molar-refractivity contribution in [2.75, 3.05) is 31.1 Å². The van der Waals surface area contributed by atoms with Crippen LogP contribution >= 0.6 is 0 Å². The number of nitrogens with zero attached hydrogens (tertiary/aromatic N) is 1. The molecule has 1 aliphatic rings. The molecule has 0 radical (unpaired) electrons. The van der Waals surface area contributed by atoms with Crippen LogP contribution in [0.2, 0.25) is 0 Å². The zero-order valence-corrected chi connectivity index (χ0v) is 15.5. The molecule has 1 heterocycles. The standard InChI is InChI=1S/C22H28N2O2/c1-2-26-21-10-4-3-9-20(21)22(25)23-15-7-8-18-11-13-19(14-12-18)24-16-5-6-17-24/h3-4,9-14H,2,5-8,15-17H2,1H3,(H,23,25). The summed E-state index contributed by atoms with van der Waals surface area (Å²) in [5.74, 6) is 0.573. The van der Waals surface area contributed by atoms with E-state index in [1.807, 2.05) is 25.1 Å². The lowest BCUT2D eigenvalue weighted by molar-refractivity contribution is 0.0949. The summed E-state index contributed by atoms with van der Waals surface area (Å²) in [7, 11) is 0. The molecule has 0 aromatic heterocycles. The van der Waals surface area contributed by atoms with E-state index in [0.717, 1.165) is 12.8 Å². The fourth-order valence-corrected chi connectivity index (χ4v) is 3.37. The van der Waals surface area contributed by atoms with E-state index in [0.29, 0.717) is 24.5 Å². The van der Waals surface area contributed by atoms with Gasteiger partial charge in [-0.25, -0.2) is 0 Å². The zero-order chi connectivity index (χ0) is 18.2. The van der Waals surface area contributed by atoms with Gasteiger partial charge in [0, 0.05) is 25.3 Å². The molecule has 1 aliphatic heterocycles. The van der Waals surface area contributed by atoms with Crippen LogP contribution in [0.5, 0.6) is 5.75 Å². The molecular formula is C22H28N2O2. The monoisotopic (exact) mass is 352 g/mol. The van der Waals surface area contributed by atoms with E-state index in [9.17, 15) is 4.79 Å². The van der Waals surface area contributed by atoms with E-state index in [4.69, 9.17) is 4.74 Å². The van der Waals surface area contributed by atoms with Crippen molar-refractivity contribution in [1.82, 2.24) is 5.32 Å². The number of carbonyl (C=O) groups excluding carboxylic acids is 1. The van der Waals surface area contributed by atoms with Gasteiger partial charge in [0.25, 0.3) is 5.91 Å². The highest BCUT2D eigenvalue weighted by molar-refractivity contribution is 5.96. The summed E-state index contributed by atoms with van der Waals surface area (Å²) in [4.78, 5) is 14.8. The van der Waals surface area contributed by atoms with E-state index < -0.39 is 0 Å². The Labute approximate surface area is 156 Å². The second-order valence-electron chi connectivity index (χ2n) is 6.65. The molecule has 1 N–H and O–H groups in total. The predicted molar refractivity (Wildman–Crippen MR) is 106 cm³/mol. The van der Waals surface area contributed by atoms with Crippen LogP contribution in [0.1, 0.15) is 42.1 Å². The quantitative estimate of drug-likeness (QED) is 0.729. The first-order chi connectivity index (χ1) is 12.8. The van der Waals surface area contributed by atoms with Gasteiger partial charge in [-0.3, -0.25) is 4.79 Å². The third kappa shape index (κ3) is 4.78. The number of rotatable bonds is 8. The normalized spacial score (nSPS) is 13.7. The lowest BCUT2D eigenvalue weighted by Crippen LogP contribution is -2.25. The average molecular weight is 352 g/mol. The average Bonchev–Trinajstić information content (AvgIpc) is 3.21. The summed E-state index contributed by atoms with van der Waals surface area (Å²) in [6.45, 7) is 5.48. The van der Waals surface area contributed by atoms with E-state index in [2.05, 4.69) is 34.5 Å². The smallest absolute Gasteiger partial charge is 0.255 e. The Kier molecular flexibility index (Phi) is 6.53. The van der Waals surface area contributed by atoms with Crippen LogP contribution in [-0.4, -0.2) is 32.1 Å². The number of ether oxygens (including phenoxy) is 1. The van der Waals surface area contributed by atoms with Gasteiger partial charge in [0.05, 0.1) is 12.2 Å². The molecule has 0 saturated carbocycles. The first-order valence-electron chi connectivity index (χ1n) is 9.62. The lowest BCUT2D eigenvalue weighted by atomic mass is 10.1. The van der Waals surface area contributed by atoms with Crippen LogP contribution in [0, 0.1) is 0 Å². The largest absolute Gasteiger partial charge is 0.493 e. The Morgan fingerprint density at radius 2 is 1.81 bits per heavy atom. The molecule has 0 aliphatic carbocycles. The molecular weight excluding hydrogens is 324 g/mol. The summed E-state index contributed by atoms with van der Waals surface area (Å²) >= 11 is 0. The number of amides is 1. The third-order valence-electron chi connectivity index (χ3n) is 4.77. The molecule has 2 aromatic carbocycles. The van der Waals surface area contributed by atoms with Crippen molar-refractivity contribution >= 4 is 11.6 Å². The van der Waals surface area contributed by atoms with Gasteiger partial charge in [-0.15, -0.1) is 0 Å². The summed E-state index contributed by atoms with van der Waals surface area (Å²) in [5.41, 5.74) is 3.24. The van der Waals surface area contributed by atoms with Crippen molar-refractivity contribution in [1.29, 1.82) is 0 Å². The first kappa shape index (κ1) is 18.3. The van der Waals surface area contributed by atoms with Crippen LogP contribution in [0.15, 0.2) is 48.5 Å². The Morgan fingerprint density at radius 3 is 2.54 bits per heavy atom. The first-order valence-corrected chi connectivity index (χ1v) is 9.62. The molecule has 0 unspecified atom stereocenters. The fourth-order valence-electron chi connectivity index (χ4n) is 3.37. The molecule has 1 fully saturated rings. The number of carbonyl (C=O) groups is 1. The van der Waals surface area contributed by atoms with Crippen molar-refractivity contribution in [3.63, 3.8) is 0 Å². The fraction of sp³-hybridized carbons (Fsp3) is 0.409. The number of hydrogen-bond acceptors (Lipinski definition) is 3. The Bertz CT molecular complexity index is 706. The van der Waals surface area contributed by atoms with Crippen molar-refractivity contribution in [3.05, 3.63) is 59.7 Å². The van der Waals surface area contributed by atoms with E-state index in [1.54, 1.807) is 6.07 Å². The van der Waals surface area contributed by atoms with Gasteiger partial charge in [0.2, 0.25) is 0 Å². The van der Waals surface area contributed by atoms with Gasteiger partial charge < -0.3 is 15.0 Å².